The maximum absolute atomic E-state index is 11.6. The van der Waals surface area contributed by atoms with E-state index in [0.717, 1.165) is 15.1 Å². The fraction of sp³-hybridized carbons (Fsp3) is 0.286. The number of hydrogen-bond donors (Lipinski definition) is 2. The predicted molar refractivity (Wildman–Crippen MR) is 68.6 cm³/mol. The number of sulfonamides is 1. The van der Waals surface area contributed by atoms with E-state index in [1.807, 2.05) is 0 Å². The number of nitrogens with one attached hydrogen (secondary N) is 1. The number of rotatable bonds is 5. The van der Waals surface area contributed by atoms with Crippen molar-refractivity contribution in [2.45, 2.75) is 10.6 Å². The number of halogens is 1. The summed E-state index contributed by atoms with van der Waals surface area (Å²) in [5.74, 6) is 0. The first-order chi connectivity index (χ1) is 6.92. The van der Waals surface area contributed by atoms with Gasteiger partial charge in [-0.25, -0.2) is 13.1 Å². The van der Waals surface area contributed by atoms with Crippen molar-refractivity contribution in [3.05, 3.63) is 15.9 Å². The lowest BCUT2D eigenvalue weighted by Crippen LogP contribution is -2.26. The summed E-state index contributed by atoms with van der Waals surface area (Å²) in [6.45, 7) is 0.229. The van der Waals surface area contributed by atoms with E-state index in [1.54, 1.807) is 6.07 Å². The van der Waals surface area contributed by atoms with E-state index in [4.69, 9.17) is 5.73 Å². The lowest BCUT2D eigenvalue weighted by molar-refractivity contribution is 0.585. The second-order valence-electron chi connectivity index (χ2n) is 2.67. The molecular weight excluding hydrogens is 320 g/mol. The Kier molecular flexibility index (Phi) is 4.65. The third-order valence-corrected chi connectivity index (χ3v) is 5.26. The molecule has 0 spiro atoms. The van der Waals surface area contributed by atoms with Gasteiger partial charge in [-0.15, -0.1) is 11.3 Å². The van der Waals surface area contributed by atoms with Crippen LogP contribution in [0.15, 0.2) is 20.1 Å². The highest BCUT2D eigenvalue weighted by atomic mass is 79.9. The van der Waals surface area contributed by atoms with Crippen molar-refractivity contribution in [3.63, 3.8) is 0 Å². The van der Waals surface area contributed by atoms with Crippen molar-refractivity contribution in [3.8, 4) is 0 Å². The highest BCUT2D eigenvalue weighted by molar-refractivity contribution is 9.11. The summed E-state index contributed by atoms with van der Waals surface area (Å²) in [6.07, 6.45) is 0.362. The molecule has 0 unspecified atom stereocenters. The van der Waals surface area contributed by atoms with Gasteiger partial charge < -0.3 is 5.73 Å². The molecule has 0 bridgehead atoms. The molecule has 1 heterocycles. The Morgan fingerprint density at radius 2 is 2.27 bits per heavy atom. The van der Waals surface area contributed by atoms with Gasteiger partial charge in [-0.05, 0) is 28.1 Å². The second-order valence-corrected chi connectivity index (χ2v) is 7.65. The molecule has 0 atom stereocenters. The number of nitrogens with two attached hydrogens (primary N) is 1. The second kappa shape index (κ2) is 5.35. The normalized spacial score (nSPS) is 11.5. The van der Waals surface area contributed by atoms with Crippen molar-refractivity contribution in [2.24, 2.45) is 5.73 Å². The average Bonchev–Trinajstić information content (AvgIpc) is 2.51. The molecule has 1 aromatic rings. The lowest BCUT2D eigenvalue weighted by atomic mass is 10.4. The van der Waals surface area contributed by atoms with Gasteiger partial charge in [0.1, 0.15) is 4.21 Å². The molecule has 15 heavy (non-hydrogen) atoms. The van der Waals surface area contributed by atoms with Gasteiger partial charge in [0.2, 0.25) is 10.0 Å². The molecule has 84 valence electrons. The van der Waals surface area contributed by atoms with Crippen molar-refractivity contribution >= 4 is 54.5 Å². The van der Waals surface area contributed by atoms with Crippen LogP contribution in [-0.2, 0) is 10.0 Å². The standard InChI is InChI=1S/C7H9BrN2O2S3/c8-5-1-2-7(14-5)15(11,12)10-4-3-6(9)13/h1-2,10H,3-4H2,(H2,9,13). The highest BCUT2D eigenvalue weighted by Crippen LogP contribution is 2.25. The lowest BCUT2D eigenvalue weighted by Gasteiger charge is -2.03. The first-order valence-corrected chi connectivity index (χ1v) is 7.45. The Balaban J connectivity index is 2.64. The molecule has 0 radical (unpaired) electrons. The van der Waals surface area contributed by atoms with Gasteiger partial charge in [-0.2, -0.15) is 0 Å². The van der Waals surface area contributed by atoms with E-state index >= 15 is 0 Å². The molecule has 0 aromatic carbocycles. The van der Waals surface area contributed by atoms with Crippen LogP contribution in [0.4, 0.5) is 0 Å². The summed E-state index contributed by atoms with van der Waals surface area (Å²) in [5.41, 5.74) is 5.26. The molecule has 0 amide bonds. The Morgan fingerprint density at radius 3 is 2.73 bits per heavy atom. The van der Waals surface area contributed by atoms with Crippen LogP contribution in [0.25, 0.3) is 0 Å². The van der Waals surface area contributed by atoms with Gasteiger partial charge in [0, 0.05) is 13.0 Å². The van der Waals surface area contributed by atoms with E-state index in [1.165, 1.54) is 6.07 Å². The van der Waals surface area contributed by atoms with Crippen LogP contribution in [0.2, 0.25) is 0 Å². The van der Waals surface area contributed by atoms with Crippen LogP contribution >= 0.6 is 39.5 Å². The zero-order valence-electron chi connectivity index (χ0n) is 7.57. The largest absolute Gasteiger partial charge is 0.393 e. The van der Waals surface area contributed by atoms with Crippen LogP contribution in [0.5, 0.6) is 0 Å². The molecule has 0 aliphatic rings. The van der Waals surface area contributed by atoms with Crippen LogP contribution in [0.1, 0.15) is 6.42 Å². The van der Waals surface area contributed by atoms with Crippen molar-refractivity contribution in [2.75, 3.05) is 6.54 Å². The minimum atomic E-state index is -3.41. The van der Waals surface area contributed by atoms with E-state index in [9.17, 15) is 8.42 Å². The SMILES string of the molecule is NC(=S)CCNS(=O)(=O)c1ccc(Br)s1. The summed E-state index contributed by atoms with van der Waals surface area (Å²) in [5, 5.41) is 0. The topological polar surface area (TPSA) is 72.2 Å². The number of thiocarbonyl (C=S) groups is 1. The Morgan fingerprint density at radius 1 is 1.60 bits per heavy atom. The maximum Gasteiger partial charge on any atom is 0.250 e. The van der Waals surface area contributed by atoms with E-state index in [2.05, 4.69) is 32.9 Å². The summed E-state index contributed by atoms with van der Waals surface area (Å²) in [7, 11) is -3.41. The first kappa shape index (κ1) is 13.0. The molecule has 0 aliphatic heterocycles. The zero-order chi connectivity index (χ0) is 11.5. The third kappa shape index (κ3) is 4.15. The van der Waals surface area contributed by atoms with E-state index in [0.29, 0.717) is 11.4 Å². The molecule has 1 aromatic heterocycles. The summed E-state index contributed by atoms with van der Waals surface area (Å²) >= 11 is 9.00. The van der Waals surface area contributed by atoms with Crippen LogP contribution < -0.4 is 10.5 Å². The monoisotopic (exact) mass is 328 g/mol. The zero-order valence-corrected chi connectivity index (χ0v) is 11.6. The minimum Gasteiger partial charge on any atom is -0.393 e. The van der Waals surface area contributed by atoms with Gasteiger partial charge in [0.25, 0.3) is 0 Å². The summed E-state index contributed by atoms with van der Waals surface area (Å²) in [4.78, 5) is 0.296. The first-order valence-electron chi connectivity index (χ1n) is 3.95. The molecular formula is C7H9BrN2O2S3. The molecule has 1 rings (SSSR count). The smallest absolute Gasteiger partial charge is 0.250 e. The maximum atomic E-state index is 11.6. The quantitative estimate of drug-likeness (QED) is 0.803. The van der Waals surface area contributed by atoms with E-state index in [-0.39, 0.29) is 10.8 Å². The van der Waals surface area contributed by atoms with Gasteiger partial charge in [0.05, 0.1) is 8.77 Å². The fourth-order valence-corrected chi connectivity index (χ4v) is 4.01. The van der Waals surface area contributed by atoms with Crippen LogP contribution in [-0.4, -0.2) is 20.0 Å². The number of thiophene rings is 1. The van der Waals surface area contributed by atoms with Crippen LogP contribution in [0, 0.1) is 0 Å². The molecule has 0 aliphatic carbocycles. The fourth-order valence-electron chi connectivity index (χ4n) is 0.822. The van der Waals surface area contributed by atoms with Crippen LogP contribution in [0.3, 0.4) is 0 Å². The van der Waals surface area contributed by atoms with Crippen molar-refractivity contribution in [1.29, 1.82) is 0 Å². The van der Waals surface area contributed by atoms with Gasteiger partial charge in [-0.1, -0.05) is 12.2 Å². The molecule has 8 heteroatoms. The minimum absolute atomic E-state index is 0.229. The summed E-state index contributed by atoms with van der Waals surface area (Å²) < 4.78 is 26.7. The molecule has 0 saturated carbocycles. The molecule has 4 nitrogen and oxygen atoms in total. The third-order valence-electron chi connectivity index (χ3n) is 1.48. The van der Waals surface area contributed by atoms with Gasteiger partial charge in [0.15, 0.2) is 0 Å². The van der Waals surface area contributed by atoms with Gasteiger partial charge in [-0.3, -0.25) is 0 Å². The molecule has 0 fully saturated rings. The number of hydrogen-bond acceptors (Lipinski definition) is 4. The Labute approximate surface area is 106 Å². The highest BCUT2D eigenvalue weighted by Gasteiger charge is 2.15. The summed E-state index contributed by atoms with van der Waals surface area (Å²) in [6, 6.07) is 3.23. The Hall–Kier alpha value is -0.0200. The van der Waals surface area contributed by atoms with E-state index < -0.39 is 10.0 Å². The van der Waals surface area contributed by atoms with Crippen molar-refractivity contribution in [1.82, 2.24) is 4.72 Å². The molecule has 3 N–H and O–H groups in total. The Bertz CT molecular complexity index is 455. The average molecular weight is 329 g/mol. The van der Waals surface area contributed by atoms with Gasteiger partial charge >= 0.3 is 0 Å². The predicted octanol–water partition coefficient (Wildman–Crippen LogP) is 1.47. The molecule has 0 saturated heterocycles. The van der Waals surface area contributed by atoms with Crippen molar-refractivity contribution < 1.29 is 8.42 Å².